The number of aromatic nitrogens is 1. The first kappa shape index (κ1) is 16.7. The van der Waals surface area contributed by atoms with Gasteiger partial charge in [0.2, 0.25) is 5.91 Å². The molecule has 1 aromatic heterocycles. The van der Waals surface area contributed by atoms with Crippen LogP contribution in [0.4, 0.5) is 16.3 Å². The first-order valence-corrected chi connectivity index (χ1v) is 8.85. The van der Waals surface area contributed by atoms with E-state index >= 15 is 0 Å². The highest BCUT2D eigenvalue weighted by molar-refractivity contribution is 6.05. The molecule has 6 heteroatoms. The summed E-state index contributed by atoms with van der Waals surface area (Å²) >= 11 is 0. The number of anilines is 2. The van der Waals surface area contributed by atoms with Crippen molar-refractivity contribution in [2.24, 2.45) is 11.8 Å². The lowest BCUT2D eigenvalue weighted by molar-refractivity contribution is -0.120. The Hall–Kier alpha value is -2.11. The Morgan fingerprint density at radius 3 is 2.58 bits per heavy atom. The predicted octanol–water partition coefficient (Wildman–Crippen LogP) is 3.04. The number of hydrogen-bond acceptors (Lipinski definition) is 4. The van der Waals surface area contributed by atoms with Gasteiger partial charge in [0.1, 0.15) is 5.82 Å². The summed E-state index contributed by atoms with van der Waals surface area (Å²) in [7, 11) is 0. The van der Waals surface area contributed by atoms with Gasteiger partial charge >= 0.3 is 6.03 Å². The van der Waals surface area contributed by atoms with Crippen LogP contribution in [-0.4, -0.2) is 36.6 Å². The third-order valence-corrected chi connectivity index (χ3v) is 4.85. The quantitative estimate of drug-likeness (QED) is 0.920. The van der Waals surface area contributed by atoms with Gasteiger partial charge in [0, 0.05) is 27.5 Å². The molecule has 1 aromatic rings. The van der Waals surface area contributed by atoms with E-state index in [0.717, 1.165) is 30.6 Å². The highest BCUT2D eigenvalue weighted by Gasteiger charge is 2.25. The van der Waals surface area contributed by atoms with Crippen LogP contribution in [0.3, 0.4) is 0 Å². The van der Waals surface area contributed by atoms with E-state index in [1.54, 1.807) is 0 Å². The average Bonchev–Trinajstić information content (AvgIpc) is 2.55. The second-order valence-electron chi connectivity index (χ2n) is 7.19. The third kappa shape index (κ3) is 3.86. The summed E-state index contributed by atoms with van der Waals surface area (Å²) in [5, 5.41) is 2.32. The molecule has 0 spiro atoms. The number of nitrogens with one attached hydrogen (secondary N) is 1. The molecule has 3 rings (SSSR count). The number of imide groups is 1. The third-order valence-electron chi connectivity index (χ3n) is 4.85. The zero-order valence-electron chi connectivity index (χ0n) is 14.5. The Kier molecular flexibility index (Phi) is 5.02. The molecule has 2 aliphatic heterocycles. The second kappa shape index (κ2) is 7.20. The largest absolute Gasteiger partial charge is 0.370 e. The van der Waals surface area contributed by atoms with E-state index in [-0.39, 0.29) is 13.4 Å². The van der Waals surface area contributed by atoms with Gasteiger partial charge in [-0.3, -0.25) is 15.0 Å². The van der Waals surface area contributed by atoms with Gasteiger partial charge in [-0.25, -0.2) is 9.78 Å². The van der Waals surface area contributed by atoms with Crippen molar-refractivity contribution >= 4 is 23.4 Å². The number of carbonyl (C=O) groups excluding carboxylic acids is 2. The molecule has 2 aliphatic rings. The van der Waals surface area contributed by atoms with Gasteiger partial charge < -0.3 is 4.90 Å². The van der Waals surface area contributed by atoms with Crippen molar-refractivity contribution in [1.29, 1.82) is 0 Å². The first-order chi connectivity index (χ1) is 11.5. The summed E-state index contributed by atoms with van der Waals surface area (Å²) in [5.41, 5.74) is 1.11. The number of amides is 3. The summed E-state index contributed by atoms with van der Waals surface area (Å²) in [6.45, 7) is 7.10. The minimum atomic E-state index is -0.388. The molecule has 132 valence electrons. The van der Waals surface area contributed by atoms with Crippen LogP contribution < -0.4 is 15.1 Å². The Morgan fingerprint density at radius 2 is 2.00 bits per heavy atom. The lowest BCUT2D eigenvalue weighted by Gasteiger charge is -2.34. The Balaban J connectivity index is 0.00000225. The van der Waals surface area contributed by atoms with E-state index in [9.17, 15) is 9.59 Å². The fraction of sp³-hybridized carbons (Fsp3) is 0.611. The van der Waals surface area contributed by atoms with E-state index < -0.39 is 0 Å². The van der Waals surface area contributed by atoms with Gasteiger partial charge in [-0.15, -0.1) is 0 Å². The monoisotopic (exact) mass is 332 g/mol. The smallest absolute Gasteiger partial charge is 0.329 e. The van der Waals surface area contributed by atoms with Gasteiger partial charge in [0.15, 0.2) is 0 Å². The zero-order chi connectivity index (χ0) is 17.1. The van der Waals surface area contributed by atoms with Crippen LogP contribution in [0, 0.1) is 11.8 Å². The van der Waals surface area contributed by atoms with E-state index in [0.29, 0.717) is 18.8 Å². The molecule has 3 amide bonds. The molecule has 24 heavy (non-hydrogen) atoms. The second-order valence-corrected chi connectivity index (χ2v) is 7.19. The molecule has 1 N–H and O–H groups in total. The first-order valence-electron chi connectivity index (χ1n) is 8.85. The van der Waals surface area contributed by atoms with Crippen LogP contribution in [0.25, 0.3) is 0 Å². The lowest BCUT2D eigenvalue weighted by Crippen LogP contribution is -2.49. The molecular weight excluding hydrogens is 304 g/mol. The van der Waals surface area contributed by atoms with E-state index in [4.69, 9.17) is 0 Å². The van der Waals surface area contributed by atoms with Crippen LogP contribution in [0.2, 0.25) is 0 Å². The molecule has 6 nitrogen and oxygen atoms in total. The lowest BCUT2D eigenvalue weighted by atomic mass is 9.88. The average molecular weight is 332 g/mol. The van der Waals surface area contributed by atoms with Gasteiger partial charge in [-0.2, -0.15) is 0 Å². The number of carbonyl (C=O) groups is 2. The topological polar surface area (TPSA) is 65.5 Å². The maximum Gasteiger partial charge on any atom is 0.329 e. The Labute approximate surface area is 144 Å². The summed E-state index contributed by atoms with van der Waals surface area (Å²) in [4.78, 5) is 31.4. The van der Waals surface area contributed by atoms with Gasteiger partial charge in [0.25, 0.3) is 0 Å². The van der Waals surface area contributed by atoms with Crippen LogP contribution >= 0.6 is 0 Å². The summed E-state index contributed by atoms with van der Waals surface area (Å²) < 4.78 is 0. The maximum atomic E-state index is 11.9. The Morgan fingerprint density at radius 1 is 1.25 bits per heavy atom. The van der Waals surface area contributed by atoms with Crippen LogP contribution in [0.5, 0.6) is 0 Å². The highest BCUT2D eigenvalue weighted by Crippen LogP contribution is 2.28. The molecule has 0 saturated carbocycles. The zero-order valence-corrected chi connectivity index (χ0v) is 14.5. The standard InChI is InChI=1S/C18H26N4O2.H2/c1-13(2)11-14-5-8-21(9-6-14)15-3-4-16(19-12-15)22-10-7-17(23)20-18(22)24;/h3-4,12-14H,5-11H2,1-2H3,(H,20,23,24);1H. The molecule has 0 aliphatic carbocycles. The minimum Gasteiger partial charge on any atom is -0.370 e. The molecule has 0 atom stereocenters. The number of rotatable bonds is 4. The van der Waals surface area contributed by atoms with Gasteiger partial charge in [-0.1, -0.05) is 13.8 Å². The molecule has 2 fully saturated rings. The Bertz CT molecular complexity index is 598. The van der Waals surface area contributed by atoms with Crippen molar-refractivity contribution in [2.45, 2.75) is 39.5 Å². The number of nitrogens with zero attached hydrogens (tertiary/aromatic N) is 3. The van der Waals surface area contributed by atoms with Crippen molar-refractivity contribution < 1.29 is 11.0 Å². The molecule has 0 radical (unpaired) electrons. The summed E-state index contributed by atoms with van der Waals surface area (Å²) in [6, 6.07) is 3.50. The maximum absolute atomic E-state index is 11.9. The fourth-order valence-electron chi connectivity index (χ4n) is 3.60. The van der Waals surface area contributed by atoms with Crippen LogP contribution in [0.15, 0.2) is 18.3 Å². The molecule has 0 unspecified atom stereocenters. The minimum absolute atomic E-state index is 0. The van der Waals surface area contributed by atoms with Crippen molar-refractivity contribution in [1.82, 2.24) is 10.3 Å². The summed E-state index contributed by atoms with van der Waals surface area (Å²) in [5.74, 6) is 1.98. The number of hydrogen-bond donors (Lipinski definition) is 1. The highest BCUT2D eigenvalue weighted by atomic mass is 16.2. The van der Waals surface area contributed by atoms with Crippen LogP contribution in [-0.2, 0) is 4.79 Å². The van der Waals surface area contributed by atoms with Crippen molar-refractivity contribution in [3.8, 4) is 0 Å². The van der Waals surface area contributed by atoms with E-state index in [1.807, 2.05) is 18.3 Å². The van der Waals surface area contributed by atoms with Gasteiger partial charge in [0.05, 0.1) is 11.9 Å². The predicted molar refractivity (Wildman–Crippen MR) is 96.2 cm³/mol. The van der Waals surface area contributed by atoms with Crippen molar-refractivity contribution in [3.05, 3.63) is 18.3 Å². The van der Waals surface area contributed by atoms with E-state index in [2.05, 4.69) is 29.0 Å². The number of pyridine rings is 1. The summed E-state index contributed by atoms with van der Waals surface area (Å²) in [6.07, 6.45) is 5.93. The fourth-order valence-corrected chi connectivity index (χ4v) is 3.60. The molecule has 0 aromatic carbocycles. The molecular formula is C18H28N4O2. The van der Waals surface area contributed by atoms with Crippen molar-refractivity contribution in [3.63, 3.8) is 0 Å². The van der Waals surface area contributed by atoms with Gasteiger partial charge in [-0.05, 0) is 43.2 Å². The molecule has 0 bridgehead atoms. The molecule has 3 heterocycles. The number of piperidine rings is 1. The van der Waals surface area contributed by atoms with Crippen LogP contribution in [0.1, 0.15) is 41.0 Å². The normalized spacial score (nSPS) is 19.8. The number of urea groups is 1. The SMILES string of the molecule is CC(C)CC1CCN(c2ccc(N3CCC(=O)NC3=O)nc2)CC1.[HH]. The molecule has 2 saturated heterocycles. The van der Waals surface area contributed by atoms with Crippen molar-refractivity contribution in [2.75, 3.05) is 29.4 Å². The van der Waals surface area contributed by atoms with E-state index in [1.165, 1.54) is 24.2 Å².